The number of unbranched alkanes of at least 4 members (excludes halogenated alkanes) is 2. The monoisotopic (exact) mass is 817 g/mol. The van der Waals surface area contributed by atoms with Crippen LogP contribution in [0.3, 0.4) is 0 Å². The Kier molecular flexibility index (Phi) is 17.1. The van der Waals surface area contributed by atoms with Gasteiger partial charge in [0.1, 0.15) is 17.3 Å². The summed E-state index contributed by atoms with van der Waals surface area (Å²) in [5.74, 6) is -1.15. The van der Waals surface area contributed by atoms with Gasteiger partial charge < -0.3 is 33.9 Å². The Labute approximate surface area is 341 Å². The highest BCUT2D eigenvalue weighted by molar-refractivity contribution is 7.66. The molecule has 0 fully saturated rings. The lowest BCUT2D eigenvalue weighted by Crippen LogP contribution is -2.49. The third-order valence-electron chi connectivity index (χ3n) is 9.68. The van der Waals surface area contributed by atoms with E-state index >= 15 is 0 Å². The molecular weight excluding hydrogens is 761 g/mol. The Bertz CT molecular complexity index is 2030. The van der Waals surface area contributed by atoms with Crippen molar-refractivity contribution in [1.29, 1.82) is 0 Å². The number of carbonyl (C=O) groups excluding carboxylic acids is 4. The van der Waals surface area contributed by atoms with E-state index in [1.165, 1.54) is 13.2 Å². The maximum Gasteiger partial charge on any atom is 0.363 e. The normalized spacial score (nSPS) is 13.2. The first-order valence-corrected chi connectivity index (χ1v) is 21.8. The summed E-state index contributed by atoms with van der Waals surface area (Å²) in [7, 11) is -1.76. The average molecular weight is 818 g/mol. The van der Waals surface area contributed by atoms with Crippen LogP contribution in [-0.4, -0.2) is 62.3 Å². The standard InChI is InChI=1S/C44H56N3O10P/c1-8-11-13-18-37(39(9-2)47(29-48)57-44(51)36-20-19-33(53-6)26-38(36)30(4)5)42(49)45-28-46-43(50)41-22-21-40(56-41)32-23-34(54-10-3)25-35(24-32)58(7,52)55-27-31-16-14-12-15-17-31/h12,14-17,19-26,29-30,37,39H,8-11,13,18,27-28H2,1-7H3,(H,45,49)(H,46,50)/t37-,39-,58?/m1/s1. The number of carbonyl (C=O) groups is 4. The van der Waals surface area contributed by atoms with E-state index in [1.807, 2.05) is 65.0 Å². The van der Waals surface area contributed by atoms with Crippen molar-refractivity contribution in [3.63, 3.8) is 0 Å². The Morgan fingerprint density at radius 2 is 1.67 bits per heavy atom. The number of rotatable bonds is 23. The number of hydroxylamine groups is 2. The lowest BCUT2D eigenvalue weighted by molar-refractivity contribution is -0.171. The van der Waals surface area contributed by atoms with Crippen LogP contribution in [0.2, 0.25) is 0 Å². The number of furan rings is 1. The molecule has 13 nitrogen and oxygen atoms in total. The number of nitrogens with one attached hydrogen (secondary N) is 2. The molecule has 3 aromatic carbocycles. The number of hydrogen-bond acceptors (Lipinski definition) is 10. The van der Waals surface area contributed by atoms with Gasteiger partial charge in [0.05, 0.1) is 44.5 Å². The molecule has 0 spiro atoms. The van der Waals surface area contributed by atoms with Gasteiger partial charge in [0.25, 0.3) is 5.91 Å². The van der Waals surface area contributed by atoms with Crippen LogP contribution in [-0.2, 0) is 30.1 Å². The third-order valence-corrected chi connectivity index (χ3v) is 11.5. The molecule has 0 bridgehead atoms. The van der Waals surface area contributed by atoms with Crippen molar-refractivity contribution in [2.24, 2.45) is 5.92 Å². The molecule has 2 N–H and O–H groups in total. The van der Waals surface area contributed by atoms with Crippen molar-refractivity contribution in [3.8, 4) is 22.8 Å². The minimum atomic E-state index is -3.30. The van der Waals surface area contributed by atoms with Crippen molar-refractivity contribution in [1.82, 2.24) is 15.7 Å². The summed E-state index contributed by atoms with van der Waals surface area (Å²) in [5.41, 5.74) is 2.40. The quantitative estimate of drug-likeness (QED) is 0.0245. The Morgan fingerprint density at radius 1 is 0.914 bits per heavy atom. The first-order chi connectivity index (χ1) is 27.8. The van der Waals surface area contributed by atoms with Crippen molar-refractivity contribution in [3.05, 3.63) is 101 Å². The van der Waals surface area contributed by atoms with E-state index in [0.717, 1.165) is 23.5 Å². The number of ether oxygens (including phenoxy) is 2. The van der Waals surface area contributed by atoms with Crippen LogP contribution < -0.4 is 25.4 Å². The molecule has 4 rings (SSSR count). The molecule has 3 atom stereocenters. The van der Waals surface area contributed by atoms with E-state index in [0.29, 0.717) is 66.0 Å². The number of benzene rings is 3. The second-order valence-electron chi connectivity index (χ2n) is 14.2. The lowest BCUT2D eigenvalue weighted by Gasteiger charge is -2.32. The van der Waals surface area contributed by atoms with E-state index in [4.69, 9.17) is 23.3 Å². The summed E-state index contributed by atoms with van der Waals surface area (Å²) in [4.78, 5) is 58.4. The zero-order chi connectivity index (χ0) is 42.2. The van der Waals surface area contributed by atoms with Gasteiger partial charge in [-0.05, 0) is 85.3 Å². The lowest BCUT2D eigenvalue weighted by atomic mass is 9.90. The largest absolute Gasteiger partial charge is 0.497 e. The molecule has 58 heavy (non-hydrogen) atoms. The molecule has 0 saturated carbocycles. The van der Waals surface area contributed by atoms with E-state index in [1.54, 1.807) is 49.1 Å². The van der Waals surface area contributed by atoms with Crippen molar-refractivity contribution >= 4 is 36.9 Å². The van der Waals surface area contributed by atoms with Crippen molar-refractivity contribution < 1.29 is 47.0 Å². The summed E-state index contributed by atoms with van der Waals surface area (Å²) < 4.78 is 36.7. The molecule has 0 aliphatic carbocycles. The molecular formula is C44H56N3O10P. The van der Waals surface area contributed by atoms with Crippen molar-refractivity contribution in [2.75, 3.05) is 27.1 Å². The molecule has 1 unspecified atom stereocenters. The smallest absolute Gasteiger partial charge is 0.363 e. The summed E-state index contributed by atoms with van der Waals surface area (Å²) in [6.45, 7) is 11.4. The van der Waals surface area contributed by atoms with Crippen LogP contribution in [0.5, 0.6) is 11.5 Å². The van der Waals surface area contributed by atoms with Crippen molar-refractivity contribution in [2.45, 2.75) is 85.3 Å². The van der Waals surface area contributed by atoms with Crippen LogP contribution in [0.4, 0.5) is 0 Å². The summed E-state index contributed by atoms with van der Waals surface area (Å²) in [5, 5.41) is 6.78. The van der Waals surface area contributed by atoms with E-state index in [2.05, 4.69) is 10.6 Å². The predicted molar refractivity (Wildman–Crippen MR) is 222 cm³/mol. The maximum atomic E-state index is 13.8. The van der Waals surface area contributed by atoms with Crippen LogP contribution in [0.1, 0.15) is 105 Å². The second kappa shape index (κ2) is 21.9. The van der Waals surface area contributed by atoms with Gasteiger partial charge in [-0.1, -0.05) is 77.3 Å². The summed E-state index contributed by atoms with van der Waals surface area (Å²) >= 11 is 0. The zero-order valence-electron chi connectivity index (χ0n) is 34.4. The molecule has 0 aliphatic rings. The molecule has 3 amide bonds. The highest BCUT2D eigenvalue weighted by Gasteiger charge is 2.34. The average Bonchev–Trinajstić information content (AvgIpc) is 3.73. The van der Waals surface area contributed by atoms with Gasteiger partial charge >= 0.3 is 5.97 Å². The highest BCUT2D eigenvalue weighted by atomic mass is 31.2. The topological polar surface area (TPSA) is 163 Å². The van der Waals surface area contributed by atoms with E-state index < -0.39 is 37.1 Å². The van der Waals surface area contributed by atoms with Crippen LogP contribution >= 0.6 is 7.37 Å². The van der Waals surface area contributed by atoms with Crippen LogP contribution in [0.15, 0.2) is 83.3 Å². The Morgan fingerprint density at radius 3 is 2.33 bits per heavy atom. The van der Waals surface area contributed by atoms with Crippen LogP contribution in [0.25, 0.3) is 11.3 Å². The Hall–Kier alpha value is -5.39. The number of nitrogens with zero attached hydrogens (tertiary/aromatic N) is 1. The SMILES string of the molecule is CCCCC[C@@H](C(=O)NCNC(=O)c1ccc(-c2cc(OCC)cc(P(C)(=O)OCc3ccccc3)c2)o1)[C@@H](CC)N(C=O)OC(=O)c1ccc(OC)cc1C(C)C. The molecule has 0 aliphatic heterocycles. The first-order valence-electron chi connectivity index (χ1n) is 19.7. The third kappa shape index (κ3) is 12.3. The fourth-order valence-corrected chi connectivity index (χ4v) is 7.78. The molecule has 312 valence electrons. The van der Waals surface area contributed by atoms with E-state index in [-0.39, 0.29) is 30.5 Å². The fraction of sp³-hybridized carbons (Fsp3) is 0.409. The Balaban J connectivity index is 1.45. The second-order valence-corrected chi connectivity index (χ2v) is 16.6. The van der Waals surface area contributed by atoms with E-state index in [9.17, 15) is 23.7 Å². The van der Waals surface area contributed by atoms with Gasteiger partial charge in [-0.15, -0.1) is 0 Å². The summed E-state index contributed by atoms with van der Waals surface area (Å²) in [6, 6.07) is 21.9. The minimum absolute atomic E-state index is 0.0168. The highest BCUT2D eigenvalue weighted by Crippen LogP contribution is 2.44. The zero-order valence-corrected chi connectivity index (χ0v) is 35.3. The molecule has 1 heterocycles. The van der Waals surface area contributed by atoms with Gasteiger partial charge in [-0.3, -0.25) is 18.9 Å². The van der Waals surface area contributed by atoms with Gasteiger partial charge in [0, 0.05) is 17.5 Å². The first kappa shape index (κ1) is 45.3. The summed E-state index contributed by atoms with van der Waals surface area (Å²) in [6.07, 6.45) is 3.61. The van der Waals surface area contributed by atoms with Gasteiger partial charge in [-0.2, -0.15) is 5.06 Å². The van der Waals surface area contributed by atoms with Gasteiger partial charge in [-0.25, -0.2) is 4.79 Å². The molecule has 0 radical (unpaired) electrons. The minimum Gasteiger partial charge on any atom is -0.497 e. The fourth-order valence-electron chi connectivity index (χ4n) is 6.50. The predicted octanol–water partition coefficient (Wildman–Crippen LogP) is 8.24. The molecule has 4 aromatic rings. The maximum absolute atomic E-state index is 13.8. The molecule has 1 aromatic heterocycles. The van der Waals surface area contributed by atoms with Gasteiger partial charge in [0.2, 0.25) is 19.7 Å². The van der Waals surface area contributed by atoms with Crippen LogP contribution in [0, 0.1) is 5.92 Å². The number of amides is 3. The van der Waals surface area contributed by atoms with Gasteiger partial charge in [0.15, 0.2) is 5.76 Å². The number of hydrogen-bond donors (Lipinski definition) is 2. The molecule has 14 heteroatoms. The number of methoxy groups -OCH3 is 1. The molecule has 0 saturated heterocycles.